The van der Waals surface area contributed by atoms with Gasteiger partial charge in [-0.1, -0.05) is 40.1 Å². The first-order chi connectivity index (χ1) is 14.3. The van der Waals surface area contributed by atoms with Gasteiger partial charge in [-0.05, 0) is 32.0 Å². The van der Waals surface area contributed by atoms with Crippen LogP contribution in [-0.4, -0.2) is 72.6 Å². The number of carbonyl (C=O) groups is 1. The molecule has 2 saturated heterocycles. The number of alkyl halides is 1. The summed E-state index contributed by atoms with van der Waals surface area (Å²) < 4.78 is 6.47. The number of piperidine rings is 2. The Balaban J connectivity index is 1.85. The summed E-state index contributed by atoms with van der Waals surface area (Å²) in [6.07, 6.45) is 4.77. The lowest BCUT2D eigenvalue weighted by Crippen LogP contribution is -2.63. The van der Waals surface area contributed by atoms with E-state index in [4.69, 9.17) is 28.5 Å². The number of nitrogens with two attached hydrogens (primary N) is 1. The van der Waals surface area contributed by atoms with E-state index in [1.807, 2.05) is 0 Å². The van der Waals surface area contributed by atoms with E-state index >= 15 is 0 Å². The third-order valence-electron chi connectivity index (χ3n) is 5.54. The van der Waals surface area contributed by atoms with E-state index in [0.29, 0.717) is 32.5 Å². The third kappa shape index (κ3) is 5.33. The van der Waals surface area contributed by atoms with Crippen LogP contribution in [0.15, 0.2) is 12.1 Å². The van der Waals surface area contributed by atoms with E-state index in [9.17, 15) is 4.79 Å². The largest absolute Gasteiger partial charge is 0.465 e. The lowest BCUT2D eigenvalue weighted by molar-refractivity contribution is 0.0202. The summed E-state index contributed by atoms with van der Waals surface area (Å²) in [6.45, 7) is 3.79. The number of fused-ring (bicyclic) bond motifs is 2. The average Bonchev–Trinajstić information content (AvgIpc) is 2.68. The molecule has 1 atom stereocenters. The maximum atomic E-state index is 13.3. The molecular formula is C22H26ClIN4O2. The van der Waals surface area contributed by atoms with Crippen LogP contribution in [0.5, 0.6) is 5.75 Å². The average molecular weight is 541 g/mol. The Morgan fingerprint density at radius 1 is 1.33 bits per heavy atom. The summed E-state index contributed by atoms with van der Waals surface area (Å²) in [7, 11) is 4.26. The number of rotatable bonds is 4. The first-order valence-electron chi connectivity index (χ1n) is 9.76. The zero-order chi connectivity index (χ0) is 21.8. The fourth-order valence-corrected chi connectivity index (χ4v) is 4.76. The van der Waals surface area contributed by atoms with Gasteiger partial charge in [-0.15, -0.1) is 6.42 Å². The van der Waals surface area contributed by atoms with Crippen molar-refractivity contribution in [2.24, 2.45) is 11.8 Å². The molecule has 3 rings (SSSR count). The van der Waals surface area contributed by atoms with Crippen molar-refractivity contribution in [3.05, 3.63) is 22.7 Å². The van der Waals surface area contributed by atoms with Gasteiger partial charge in [-0.2, -0.15) is 0 Å². The van der Waals surface area contributed by atoms with Crippen molar-refractivity contribution in [1.29, 1.82) is 0 Å². The van der Waals surface area contributed by atoms with E-state index in [1.165, 1.54) is 12.1 Å². The fraction of sp³-hybridized carbons (Fsp3) is 0.500. The van der Waals surface area contributed by atoms with Gasteiger partial charge in [-0.25, -0.2) is 0 Å². The first kappa shape index (κ1) is 23.0. The standard InChI is InChI=1S/C22H26ClIN4O2/c1-4-16(6-5-7-24)30-20-9-19(25)18(23)8-17(20)22(29)26-21-14-10-27(2)11-15(21)13-28(3)12-14/h1,8-9,14-16,21H,7,10-13,25H2,2-3H3,(H,26,29)/t14?,15?,16-,21?/m0/s1. The van der Waals surface area contributed by atoms with Crippen molar-refractivity contribution in [3.63, 3.8) is 0 Å². The zero-order valence-electron chi connectivity index (χ0n) is 17.1. The number of ether oxygens (including phenoxy) is 1. The molecule has 8 heteroatoms. The number of likely N-dealkylation sites (tertiary alicyclic amines) is 2. The highest BCUT2D eigenvalue weighted by atomic mass is 127. The van der Waals surface area contributed by atoms with Crippen molar-refractivity contribution in [2.75, 3.05) is 50.4 Å². The topological polar surface area (TPSA) is 70.8 Å². The van der Waals surface area contributed by atoms with Gasteiger partial charge in [0.15, 0.2) is 0 Å². The van der Waals surface area contributed by atoms with Crippen LogP contribution < -0.4 is 15.8 Å². The molecule has 30 heavy (non-hydrogen) atoms. The molecule has 2 aliphatic heterocycles. The normalized spacial score (nSPS) is 24.8. The maximum absolute atomic E-state index is 13.3. The van der Waals surface area contributed by atoms with Gasteiger partial charge in [0.2, 0.25) is 6.10 Å². The molecule has 1 aromatic rings. The Morgan fingerprint density at radius 2 is 1.93 bits per heavy atom. The highest BCUT2D eigenvalue weighted by Crippen LogP contribution is 2.32. The molecule has 6 nitrogen and oxygen atoms in total. The van der Waals surface area contributed by atoms with E-state index in [1.54, 1.807) is 0 Å². The molecule has 2 aliphatic rings. The Kier molecular flexibility index (Phi) is 7.75. The van der Waals surface area contributed by atoms with Crippen LogP contribution in [-0.2, 0) is 0 Å². The monoisotopic (exact) mass is 540 g/mol. The Hall–Kier alpha value is -1.65. The second kappa shape index (κ2) is 10.1. The lowest BCUT2D eigenvalue weighted by Gasteiger charge is -2.49. The molecular weight excluding hydrogens is 515 g/mol. The van der Waals surface area contributed by atoms with E-state index in [-0.39, 0.29) is 17.7 Å². The number of halogens is 2. The summed E-state index contributed by atoms with van der Waals surface area (Å²) in [5.41, 5.74) is 6.59. The Bertz CT molecular complexity index is 877. The molecule has 1 amide bonds. The van der Waals surface area contributed by atoms with Crippen LogP contribution in [0.25, 0.3) is 0 Å². The SMILES string of the molecule is C#C[C@@H](C#CCI)Oc1cc(N)c(Cl)cc1C(=O)NC1C2CN(C)CC1CN(C)C2. The van der Waals surface area contributed by atoms with Crippen molar-refractivity contribution >= 4 is 45.8 Å². The zero-order valence-corrected chi connectivity index (χ0v) is 20.0. The number of carbonyl (C=O) groups excluding carboxylic acids is 1. The summed E-state index contributed by atoms with van der Waals surface area (Å²) in [5.74, 6) is 9.02. The molecule has 0 radical (unpaired) electrons. The molecule has 0 spiro atoms. The third-order valence-corrected chi connectivity index (χ3v) is 6.25. The van der Waals surface area contributed by atoms with E-state index in [2.05, 4.69) is 69.6 Å². The van der Waals surface area contributed by atoms with Gasteiger partial charge in [0.25, 0.3) is 5.91 Å². The van der Waals surface area contributed by atoms with E-state index < -0.39 is 6.10 Å². The molecule has 2 fully saturated rings. The van der Waals surface area contributed by atoms with Crippen molar-refractivity contribution in [2.45, 2.75) is 12.1 Å². The van der Waals surface area contributed by atoms with Gasteiger partial charge in [0.05, 0.1) is 20.7 Å². The van der Waals surface area contributed by atoms with Crippen LogP contribution in [0, 0.1) is 36.0 Å². The predicted octanol–water partition coefficient (Wildman–Crippen LogP) is 1.96. The van der Waals surface area contributed by atoms with Crippen LogP contribution in [0.2, 0.25) is 5.02 Å². The molecule has 2 bridgehead atoms. The minimum absolute atomic E-state index is 0.0938. The smallest absolute Gasteiger partial charge is 0.255 e. The summed E-state index contributed by atoms with van der Waals surface area (Å²) in [6, 6.07) is 3.17. The minimum atomic E-state index is -0.775. The van der Waals surface area contributed by atoms with E-state index in [0.717, 1.165) is 26.2 Å². The molecule has 0 saturated carbocycles. The fourth-order valence-electron chi connectivity index (χ4n) is 4.38. The number of nitrogens with zero attached hydrogens (tertiary/aromatic N) is 2. The quantitative estimate of drug-likeness (QED) is 0.265. The summed E-state index contributed by atoms with van der Waals surface area (Å²) >= 11 is 8.35. The predicted molar refractivity (Wildman–Crippen MR) is 129 cm³/mol. The van der Waals surface area contributed by atoms with Crippen LogP contribution >= 0.6 is 34.2 Å². The number of benzene rings is 1. The maximum Gasteiger partial charge on any atom is 0.255 e. The second-order valence-corrected chi connectivity index (χ2v) is 9.12. The highest BCUT2D eigenvalue weighted by Gasteiger charge is 2.41. The van der Waals surface area contributed by atoms with Crippen LogP contribution in [0.3, 0.4) is 0 Å². The molecule has 0 aromatic heterocycles. The van der Waals surface area contributed by atoms with Gasteiger partial charge in [0.1, 0.15) is 5.75 Å². The van der Waals surface area contributed by atoms with Crippen LogP contribution in [0.1, 0.15) is 10.4 Å². The lowest BCUT2D eigenvalue weighted by atomic mass is 9.79. The summed E-state index contributed by atoms with van der Waals surface area (Å²) in [5, 5.41) is 3.54. The Morgan fingerprint density at radius 3 is 2.47 bits per heavy atom. The minimum Gasteiger partial charge on any atom is -0.465 e. The molecule has 3 N–H and O–H groups in total. The van der Waals surface area contributed by atoms with Crippen molar-refractivity contribution < 1.29 is 9.53 Å². The number of nitrogen functional groups attached to an aromatic ring is 1. The second-order valence-electron chi connectivity index (χ2n) is 7.95. The number of hydrogen-bond donors (Lipinski definition) is 2. The number of anilines is 1. The Labute approximate surface area is 197 Å². The molecule has 1 aromatic carbocycles. The van der Waals surface area contributed by atoms with Crippen molar-refractivity contribution in [3.8, 4) is 29.9 Å². The van der Waals surface area contributed by atoms with Gasteiger partial charge >= 0.3 is 0 Å². The first-order valence-corrected chi connectivity index (χ1v) is 11.7. The summed E-state index contributed by atoms with van der Waals surface area (Å²) in [4.78, 5) is 17.9. The number of nitrogens with one attached hydrogen (secondary N) is 1. The number of terminal acetylenes is 1. The molecule has 0 aliphatic carbocycles. The number of hydrogen-bond acceptors (Lipinski definition) is 5. The van der Waals surface area contributed by atoms with Gasteiger partial charge in [-0.3, -0.25) is 4.79 Å². The number of amides is 1. The molecule has 2 heterocycles. The molecule has 160 valence electrons. The van der Waals surface area contributed by atoms with Crippen molar-refractivity contribution in [1.82, 2.24) is 15.1 Å². The van der Waals surface area contributed by atoms with Gasteiger partial charge in [0, 0.05) is 50.1 Å². The highest BCUT2D eigenvalue weighted by molar-refractivity contribution is 14.1. The van der Waals surface area contributed by atoms with Gasteiger partial charge < -0.3 is 25.6 Å². The molecule has 0 unspecified atom stereocenters. The van der Waals surface area contributed by atoms with Crippen LogP contribution in [0.4, 0.5) is 5.69 Å².